The summed E-state index contributed by atoms with van der Waals surface area (Å²) in [5.41, 5.74) is -0.125. The zero-order valence-electron chi connectivity index (χ0n) is 9.34. The Hall–Kier alpha value is -1.62. The average Bonchev–Trinajstić information content (AvgIpc) is 2.26. The van der Waals surface area contributed by atoms with Crippen LogP contribution < -0.4 is 5.56 Å². The van der Waals surface area contributed by atoms with E-state index < -0.39 is 5.97 Å². The lowest BCUT2D eigenvalue weighted by Gasteiger charge is -2.15. The van der Waals surface area contributed by atoms with Crippen LogP contribution in [0.1, 0.15) is 30.2 Å². The molecule has 0 radical (unpaired) electrons. The molecule has 1 aromatic rings. The molecule has 0 saturated carbocycles. The molecule has 0 aliphatic carbocycles. The summed E-state index contributed by atoms with van der Waals surface area (Å²) < 4.78 is 6.57. The molecule has 1 rings (SSSR count). The van der Waals surface area contributed by atoms with Gasteiger partial charge in [0.15, 0.2) is 0 Å². The maximum atomic E-state index is 11.5. The quantitative estimate of drug-likeness (QED) is 0.816. The van der Waals surface area contributed by atoms with Crippen molar-refractivity contribution in [2.75, 3.05) is 13.2 Å². The number of carbonyl (C=O) groups is 1. The van der Waals surface area contributed by atoms with Crippen molar-refractivity contribution < 1.29 is 14.6 Å². The van der Waals surface area contributed by atoms with Crippen molar-refractivity contribution in [1.82, 2.24) is 4.57 Å². The van der Waals surface area contributed by atoms with Crippen molar-refractivity contribution >= 4 is 5.97 Å². The number of nitrogens with zero attached hydrogens (tertiary/aromatic N) is 1. The lowest BCUT2D eigenvalue weighted by molar-refractivity contribution is 0.0694. The second-order valence-corrected chi connectivity index (χ2v) is 3.48. The molecule has 0 aliphatic rings. The van der Waals surface area contributed by atoms with Gasteiger partial charge in [0.2, 0.25) is 0 Å². The van der Waals surface area contributed by atoms with E-state index in [1.54, 1.807) is 0 Å². The number of rotatable bonds is 5. The number of ether oxygens (including phenoxy) is 1. The molecule has 1 N–H and O–H groups in total. The van der Waals surface area contributed by atoms with Gasteiger partial charge in [0, 0.05) is 18.9 Å². The summed E-state index contributed by atoms with van der Waals surface area (Å²) >= 11 is 0. The molecule has 0 aliphatic heterocycles. The van der Waals surface area contributed by atoms with E-state index in [0.29, 0.717) is 13.2 Å². The Morgan fingerprint density at radius 3 is 2.81 bits per heavy atom. The molecule has 1 unspecified atom stereocenters. The number of pyridine rings is 1. The van der Waals surface area contributed by atoms with Gasteiger partial charge in [-0.2, -0.15) is 0 Å². The highest BCUT2D eigenvalue weighted by molar-refractivity contribution is 5.87. The molecule has 0 amide bonds. The maximum absolute atomic E-state index is 11.5. The fourth-order valence-electron chi connectivity index (χ4n) is 1.34. The summed E-state index contributed by atoms with van der Waals surface area (Å²) in [5, 5.41) is 8.81. The van der Waals surface area contributed by atoms with Crippen LogP contribution in [0, 0.1) is 0 Å². The second kappa shape index (κ2) is 5.46. The fourth-order valence-corrected chi connectivity index (χ4v) is 1.34. The van der Waals surface area contributed by atoms with Gasteiger partial charge in [0.05, 0.1) is 18.2 Å². The first kappa shape index (κ1) is 12.4. The highest BCUT2D eigenvalue weighted by atomic mass is 16.5. The molecule has 0 bridgehead atoms. The van der Waals surface area contributed by atoms with Crippen LogP contribution >= 0.6 is 0 Å². The van der Waals surface area contributed by atoms with Crippen molar-refractivity contribution in [2.45, 2.75) is 19.9 Å². The molecule has 1 heterocycles. The number of aromatic carboxylic acids is 1. The molecule has 16 heavy (non-hydrogen) atoms. The van der Waals surface area contributed by atoms with Crippen LogP contribution in [0.3, 0.4) is 0 Å². The predicted molar refractivity (Wildman–Crippen MR) is 58.9 cm³/mol. The monoisotopic (exact) mass is 225 g/mol. The van der Waals surface area contributed by atoms with Crippen LogP contribution in [0.4, 0.5) is 0 Å². The van der Waals surface area contributed by atoms with E-state index in [1.807, 2.05) is 13.8 Å². The Bertz CT molecular complexity index is 424. The van der Waals surface area contributed by atoms with Crippen LogP contribution in [0.15, 0.2) is 23.1 Å². The van der Waals surface area contributed by atoms with Gasteiger partial charge in [-0.15, -0.1) is 0 Å². The Morgan fingerprint density at radius 2 is 2.25 bits per heavy atom. The van der Waals surface area contributed by atoms with Crippen LogP contribution in [0.5, 0.6) is 0 Å². The van der Waals surface area contributed by atoms with Crippen molar-refractivity contribution in [1.29, 1.82) is 0 Å². The molecule has 1 aromatic heterocycles. The van der Waals surface area contributed by atoms with Gasteiger partial charge in [-0.3, -0.25) is 4.79 Å². The molecule has 0 aromatic carbocycles. The Morgan fingerprint density at radius 1 is 1.56 bits per heavy atom. The molecule has 0 fully saturated rings. The third-order valence-electron chi connectivity index (χ3n) is 2.22. The van der Waals surface area contributed by atoms with Crippen molar-refractivity contribution in [3.63, 3.8) is 0 Å². The van der Waals surface area contributed by atoms with E-state index in [4.69, 9.17) is 9.84 Å². The second-order valence-electron chi connectivity index (χ2n) is 3.48. The summed E-state index contributed by atoms with van der Waals surface area (Å²) in [5.74, 6) is -1.04. The minimum absolute atomic E-state index is 0.1000. The smallest absolute Gasteiger partial charge is 0.337 e. The number of hydrogen-bond acceptors (Lipinski definition) is 3. The van der Waals surface area contributed by atoms with E-state index in [0.717, 1.165) is 0 Å². The summed E-state index contributed by atoms with van der Waals surface area (Å²) in [6, 6.07) is 2.38. The van der Waals surface area contributed by atoms with Crippen molar-refractivity contribution in [2.24, 2.45) is 0 Å². The molecular weight excluding hydrogens is 210 g/mol. The standard InChI is InChI=1S/C11H15NO4/c1-3-16-7-8(2)12-6-9(11(14)15)4-5-10(12)13/h4-6,8H,3,7H2,1-2H3,(H,14,15). The number of carboxylic acid groups (broad SMARTS) is 1. The first-order valence-electron chi connectivity index (χ1n) is 5.09. The first-order valence-corrected chi connectivity index (χ1v) is 5.09. The lowest BCUT2D eigenvalue weighted by atomic mass is 10.2. The van der Waals surface area contributed by atoms with Gasteiger partial charge in [0.1, 0.15) is 0 Å². The molecular formula is C11H15NO4. The fraction of sp³-hybridized carbons (Fsp3) is 0.455. The lowest BCUT2D eigenvalue weighted by Crippen LogP contribution is -2.26. The minimum Gasteiger partial charge on any atom is -0.478 e. The summed E-state index contributed by atoms with van der Waals surface area (Å²) in [6.45, 7) is 4.63. The molecule has 5 heteroatoms. The van der Waals surface area contributed by atoms with Crippen LogP contribution in [0.25, 0.3) is 0 Å². The normalized spacial score (nSPS) is 12.4. The maximum Gasteiger partial charge on any atom is 0.337 e. The molecule has 88 valence electrons. The van der Waals surface area contributed by atoms with E-state index >= 15 is 0 Å². The predicted octanol–water partition coefficient (Wildman–Crippen LogP) is 1.14. The Labute approximate surface area is 93.3 Å². The van der Waals surface area contributed by atoms with Gasteiger partial charge in [-0.05, 0) is 19.9 Å². The Balaban J connectivity index is 2.97. The zero-order valence-corrected chi connectivity index (χ0v) is 9.34. The highest BCUT2D eigenvalue weighted by Crippen LogP contribution is 2.05. The molecule has 1 atom stereocenters. The van der Waals surface area contributed by atoms with E-state index in [2.05, 4.69) is 0 Å². The average molecular weight is 225 g/mol. The molecule has 0 saturated heterocycles. The van der Waals surface area contributed by atoms with Crippen LogP contribution in [0.2, 0.25) is 0 Å². The number of hydrogen-bond donors (Lipinski definition) is 1. The van der Waals surface area contributed by atoms with Crippen LogP contribution in [-0.4, -0.2) is 28.9 Å². The van der Waals surface area contributed by atoms with Gasteiger partial charge in [0.25, 0.3) is 5.56 Å². The Kier molecular flexibility index (Phi) is 4.25. The van der Waals surface area contributed by atoms with Gasteiger partial charge in [-0.1, -0.05) is 0 Å². The van der Waals surface area contributed by atoms with Crippen molar-refractivity contribution in [3.8, 4) is 0 Å². The van der Waals surface area contributed by atoms with Crippen LogP contribution in [-0.2, 0) is 4.74 Å². The summed E-state index contributed by atoms with van der Waals surface area (Å²) in [6.07, 6.45) is 1.34. The first-order chi connectivity index (χ1) is 7.56. The highest BCUT2D eigenvalue weighted by Gasteiger charge is 2.10. The summed E-state index contributed by atoms with van der Waals surface area (Å²) in [7, 11) is 0. The van der Waals surface area contributed by atoms with Gasteiger partial charge in [-0.25, -0.2) is 4.79 Å². The third kappa shape index (κ3) is 2.93. The molecule has 5 nitrogen and oxygen atoms in total. The minimum atomic E-state index is -1.04. The van der Waals surface area contributed by atoms with E-state index in [-0.39, 0.29) is 17.2 Å². The SMILES string of the molecule is CCOCC(C)n1cc(C(=O)O)ccc1=O. The third-order valence-corrected chi connectivity index (χ3v) is 2.22. The van der Waals surface area contributed by atoms with E-state index in [1.165, 1.54) is 22.9 Å². The van der Waals surface area contributed by atoms with E-state index in [9.17, 15) is 9.59 Å². The van der Waals surface area contributed by atoms with Gasteiger partial charge >= 0.3 is 5.97 Å². The largest absolute Gasteiger partial charge is 0.478 e. The summed E-state index contributed by atoms with van der Waals surface area (Å²) in [4.78, 5) is 22.3. The zero-order chi connectivity index (χ0) is 12.1. The topological polar surface area (TPSA) is 68.5 Å². The number of aromatic nitrogens is 1. The van der Waals surface area contributed by atoms with Gasteiger partial charge < -0.3 is 14.4 Å². The van der Waals surface area contributed by atoms with Crippen molar-refractivity contribution in [3.05, 3.63) is 34.2 Å². The number of carboxylic acids is 1. The molecule has 0 spiro atoms.